The highest BCUT2D eigenvalue weighted by molar-refractivity contribution is 5.90. The second kappa shape index (κ2) is 3.74. The lowest BCUT2D eigenvalue weighted by Gasteiger charge is -2.35. The summed E-state index contributed by atoms with van der Waals surface area (Å²) < 4.78 is 5.47. The molecule has 1 aliphatic heterocycles. The van der Waals surface area contributed by atoms with Gasteiger partial charge in [-0.15, -0.1) is 0 Å². The maximum Gasteiger partial charge on any atom is 0.415 e. The zero-order valence-corrected chi connectivity index (χ0v) is 9.69. The number of carbonyl (C=O) groups excluding carboxylic acids is 1. The second-order valence-corrected chi connectivity index (χ2v) is 4.86. The van der Waals surface area contributed by atoms with Crippen LogP contribution in [0.3, 0.4) is 0 Å². The fourth-order valence-electron chi connectivity index (χ4n) is 2.47. The first kappa shape index (κ1) is 10.6. The summed E-state index contributed by atoms with van der Waals surface area (Å²) in [6, 6.07) is 7.77. The highest BCUT2D eigenvalue weighted by Gasteiger charge is 2.49. The van der Waals surface area contributed by atoms with Crippen molar-refractivity contribution in [3.05, 3.63) is 29.8 Å². The molecule has 2 N–H and O–H groups in total. The van der Waals surface area contributed by atoms with Crippen molar-refractivity contribution in [3.8, 4) is 0 Å². The molecule has 0 aromatic heterocycles. The fourth-order valence-corrected chi connectivity index (χ4v) is 2.47. The van der Waals surface area contributed by atoms with Gasteiger partial charge in [0.1, 0.15) is 5.60 Å². The normalized spacial score (nSPS) is 21.5. The molecule has 1 aromatic rings. The van der Waals surface area contributed by atoms with Crippen LogP contribution in [-0.2, 0) is 11.3 Å². The molecule has 17 heavy (non-hydrogen) atoms. The van der Waals surface area contributed by atoms with Gasteiger partial charge in [-0.3, -0.25) is 4.90 Å². The third-order valence-electron chi connectivity index (χ3n) is 3.72. The van der Waals surface area contributed by atoms with Crippen LogP contribution >= 0.6 is 0 Å². The molecule has 1 saturated carbocycles. The van der Waals surface area contributed by atoms with Crippen LogP contribution in [0.4, 0.5) is 10.5 Å². The largest absolute Gasteiger partial charge is 0.441 e. The Hall–Kier alpha value is -1.55. The molecule has 2 fully saturated rings. The fraction of sp³-hybridized carbons (Fsp3) is 0.462. The van der Waals surface area contributed by atoms with E-state index in [0.29, 0.717) is 13.1 Å². The molecule has 1 aliphatic carbocycles. The lowest BCUT2D eigenvalue weighted by atomic mass is 9.80. The summed E-state index contributed by atoms with van der Waals surface area (Å²) in [6.07, 6.45) is 2.93. The minimum atomic E-state index is -0.217. The molecule has 0 radical (unpaired) electrons. The van der Waals surface area contributed by atoms with Gasteiger partial charge in [0.25, 0.3) is 0 Å². The zero-order valence-electron chi connectivity index (χ0n) is 9.69. The monoisotopic (exact) mass is 232 g/mol. The van der Waals surface area contributed by atoms with Crippen LogP contribution in [0.1, 0.15) is 24.8 Å². The number of anilines is 1. The number of hydrogen-bond acceptors (Lipinski definition) is 3. The summed E-state index contributed by atoms with van der Waals surface area (Å²) in [6.45, 7) is 1.21. The topological polar surface area (TPSA) is 55.6 Å². The molecule has 1 aromatic carbocycles. The van der Waals surface area contributed by atoms with E-state index in [9.17, 15) is 4.79 Å². The molecule has 0 atom stereocenters. The summed E-state index contributed by atoms with van der Waals surface area (Å²) in [4.78, 5) is 13.5. The van der Waals surface area contributed by atoms with Crippen LogP contribution in [0, 0.1) is 0 Å². The molecule has 2 aliphatic rings. The van der Waals surface area contributed by atoms with Gasteiger partial charge >= 0.3 is 6.09 Å². The smallest absolute Gasteiger partial charge is 0.415 e. The average Bonchev–Trinajstić information content (AvgIpc) is 2.67. The molecule has 3 rings (SSSR count). The minimum absolute atomic E-state index is 0.191. The van der Waals surface area contributed by atoms with Crippen molar-refractivity contribution in [2.75, 3.05) is 11.4 Å². The van der Waals surface area contributed by atoms with Gasteiger partial charge in [-0.1, -0.05) is 12.1 Å². The zero-order chi connectivity index (χ0) is 11.9. The Labute approximate surface area is 100 Å². The standard InChI is InChI=1S/C13H16N2O2/c14-8-10-2-4-11(5-3-10)15-9-13(6-1-7-13)17-12(15)16/h2-5H,1,6-9,14H2. The van der Waals surface area contributed by atoms with Crippen LogP contribution < -0.4 is 10.6 Å². The predicted molar refractivity (Wildman–Crippen MR) is 64.7 cm³/mol. The molecular formula is C13H16N2O2. The van der Waals surface area contributed by atoms with Crippen molar-refractivity contribution < 1.29 is 9.53 Å². The van der Waals surface area contributed by atoms with E-state index < -0.39 is 0 Å². The predicted octanol–water partition coefficient (Wildman–Crippen LogP) is 2.02. The highest BCUT2D eigenvalue weighted by Crippen LogP contribution is 2.42. The molecule has 1 spiro atoms. The lowest BCUT2D eigenvalue weighted by molar-refractivity contribution is -0.00649. The molecule has 4 heteroatoms. The van der Waals surface area contributed by atoms with E-state index in [0.717, 1.165) is 30.5 Å². The summed E-state index contributed by atoms with van der Waals surface area (Å²) >= 11 is 0. The van der Waals surface area contributed by atoms with Crippen LogP contribution in [-0.4, -0.2) is 18.2 Å². The number of nitrogens with two attached hydrogens (primary N) is 1. The maximum absolute atomic E-state index is 11.8. The van der Waals surface area contributed by atoms with E-state index >= 15 is 0 Å². The van der Waals surface area contributed by atoms with Gasteiger partial charge in [-0.2, -0.15) is 0 Å². The van der Waals surface area contributed by atoms with Crippen molar-refractivity contribution in [2.24, 2.45) is 5.73 Å². The van der Waals surface area contributed by atoms with E-state index in [1.807, 2.05) is 24.3 Å². The van der Waals surface area contributed by atoms with Crippen molar-refractivity contribution in [1.29, 1.82) is 0 Å². The number of ether oxygens (including phenoxy) is 1. The Bertz CT molecular complexity index is 437. The summed E-state index contributed by atoms with van der Waals surface area (Å²) in [5, 5.41) is 0. The molecule has 1 saturated heterocycles. The molecular weight excluding hydrogens is 216 g/mol. The average molecular weight is 232 g/mol. The van der Waals surface area contributed by atoms with Crippen molar-refractivity contribution in [1.82, 2.24) is 0 Å². The Morgan fingerprint density at radius 1 is 1.29 bits per heavy atom. The van der Waals surface area contributed by atoms with Crippen molar-refractivity contribution >= 4 is 11.8 Å². The molecule has 90 valence electrons. The quantitative estimate of drug-likeness (QED) is 0.848. The molecule has 4 nitrogen and oxygen atoms in total. The van der Waals surface area contributed by atoms with E-state index in [4.69, 9.17) is 10.5 Å². The van der Waals surface area contributed by atoms with Gasteiger partial charge in [-0.05, 0) is 37.0 Å². The number of hydrogen-bond donors (Lipinski definition) is 1. The molecule has 0 unspecified atom stereocenters. The SMILES string of the molecule is NCc1ccc(N2CC3(CCC3)OC2=O)cc1. The molecule has 1 amide bonds. The van der Waals surface area contributed by atoms with Gasteiger partial charge in [0.2, 0.25) is 0 Å². The Kier molecular flexibility index (Phi) is 2.33. The van der Waals surface area contributed by atoms with Crippen LogP contribution in [0.25, 0.3) is 0 Å². The second-order valence-electron chi connectivity index (χ2n) is 4.86. The third-order valence-corrected chi connectivity index (χ3v) is 3.72. The Balaban J connectivity index is 1.81. The summed E-state index contributed by atoms with van der Waals surface area (Å²) in [5.41, 5.74) is 7.33. The number of rotatable bonds is 2. The van der Waals surface area contributed by atoms with E-state index in [-0.39, 0.29) is 11.7 Å². The molecule has 1 heterocycles. The van der Waals surface area contributed by atoms with Crippen LogP contribution in [0.2, 0.25) is 0 Å². The Morgan fingerprint density at radius 2 is 2.00 bits per heavy atom. The first-order valence-electron chi connectivity index (χ1n) is 6.02. The van der Waals surface area contributed by atoms with Crippen LogP contribution in [0.5, 0.6) is 0 Å². The van der Waals surface area contributed by atoms with Gasteiger partial charge in [0.05, 0.1) is 6.54 Å². The van der Waals surface area contributed by atoms with E-state index in [1.165, 1.54) is 0 Å². The number of carbonyl (C=O) groups is 1. The van der Waals surface area contributed by atoms with Gasteiger partial charge in [0.15, 0.2) is 0 Å². The number of nitrogens with zero attached hydrogens (tertiary/aromatic N) is 1. The third kappa shape index (κ3) is 1.69. The highest BCUT2D eigenvalue weighted by atomic mass is 16.6. The van der Waals surface area contributed by atoms with Crippen molar-refractivity contribution in [3.63, 3.8) is 0 Å². The lowest BCUT2D eigenvalue weighted by Crippen LogP contribution is -2.41. The van der Waals surface area contributed by atoms with Gasteiger partial charge in [-0.25, -0.2) is 4.79 Å². The summed E-state index contributed by atoms with van der Waals surface area (Å²) in [5.74, 6) is 0. The van der Waals surface area contributed by atoms with Crippen LogP contribution in [0.15, 0.2) is 24.3 Å². The van der Waals surface area contributed by atoms with Crippen molar-refractivity contribution in [2.45, 2.75) is 31.4 Å². The maximum atomic E-state index is 11.8. The van der Waals surface area contributed by atoms with Gasteiger partial charge < -0.3 is 10.5 Å². The minimum Gasteiger partial charge on any atom is -0.441 e. The van der Waals surface area contributed by atoms with E-state index in [2.05, 4.69) is 0 Å². The summed E-state index contributed by atoms with van der Waals surface area (Å²) in [7, 11) is 0. The Morgan fingerprint density at radius 3 is 2.47 bits per heavy atom. The number of amides is 1. The number of benzene rings is 1. The first-order chi connectivity index (χ1) is 8.22. The van der Waals surface area contributed by atoms with Gasteiger partial charge in [0, 0.05) is 12.2 Å². The molecule has 0 bridgehead atoms. The first-order valence-corrected chi connectivity index (χ1v) is 6.02. The van der Waals surface area contributed by atoms with E-state index in [1.54, 1.807) is 4.90 Å².